The molecule has 3 N–H and O–H groups in total. The summed E-state index contributed by atoms with van der Waals surface area (Å²) in [7, 11) is 1.62. The number of nitrogens with one attached hydrogen (secondary N) is 1. The SMILES string of the molecule is COc1ncccc1OC[C@@H]1CNCC[C@H]1c1ccccc1.O=C(O)/C=C/C(=O)O. The third-order valence-corrected chi connectivity index (χ3v) is 4.59. The Bertz CT molecular complexity index is 825. The van der Waals surface area contributed by atoms with E-state index >= 15 is 0 Å². The van der Waals surface area contributed by atoms with Gasteiger partial charge in [0.1, 0.15) is 0 Å². The Hall–Kier alpha value is -3.39. The lowest BCUT2D eigenvalue weighted by molar-refractivity contribution is -0.134. The average molecular weight is 414 g/mol. The fraction of sp³-hybridized carbons (Fsp3) is 0.318. The highest BCUT2D eigenvalue weighted by atomic mass is 16.5. The third kappa shape index (κ3) is 7.56. The molecular formula is C22H26N2O6. The summed E-state index contributed by atoms with van der Waals surface area (Å²) in [5.74, 6) is -0.282. The van der Waals surface area contributed by atoms with Crippen molar-refractivity contribution in [2.45, 2.75) is 12.3 Å². The number of carboxylic acid groups (broad SMARTS) is 2. The molecule has 30 heavy (non-hydrogen) atoms. The van der Waals surface area contributed by atoms with Gasteiger partial charge < -0.3 is 25.0 Å². The van der Waals surface area contributed by atoms with E-state index in [9.17, 15) is 9.59 Å². The number of ether oxygens (including phenoxy) is 2. The van der Waals surface area contributed by atoms with E-state index in [1.807, 2.05) is 12.1 Å². The average Bonchev–Trinajstić information content (AvgIpc) is 2.77. The first-order valence-corrected chi connectivity index (χ1v) is 9.52. The monoisotopic (exact) mass is 414 g/mol. The number of aromatic nitrogens is 1. The lowest BCUT2D eigenvalue weighted by Crippen LogP contribution is -2.38. The Morgan fingerprint density at radius 1 is 1.13 bits per heavy atom. The van der Waals surface area contributed by atoms with Crippen molar-refractivity contribution >= 4 is 11.9 Å². The highest BCUT2D eigenvalue weighted by Crippen LogP contribution is 2.32. The van der Waals surface area contributed by atoms with Gasteiger partial charge in [0.25, 0.3) is 5.88 Å². The zero-order valence-corrected chi connectivity index (χ0v) is 16.7. The van der Waals surface area contributed by atoms with E-state index in [-0.39, 0.29) is 0 Å². The number of methoxy groups -OCH3 is 1. The smallest absolute Gasteiger partial charge is 0.328 e. The first kappa shape index (κ1) is 22.9. The van der Waals surface area contributed by atoms with Gasteiger partial charge in [0.15, 0.2) is 5.75 Å². The normalized spacial score (nSPS) is 18.2. The van der Waals surface area contributed by atoms with E-state index in [4.69, 9.17) is 19.7 Å². The number of hydrogen-bond donors (Lipinski definition) is 3. The number of benzene rings is 1. The molecule has 0 radical (unpaired) electrons. The Morgan fingerprint density at radius 3 is 2.47 bits per heavy atom. The minimum absolute atomic E-state index is 0.445. The quantitative estimate of drug-likeness (QED) is 0.592. The summed E-state index contributed by atoms with van der Waals surface area (Å²) in [5.41, 5.74) is 1.40. The number of nitrogens with zero attached hydrogens (tertiary/aromatic N) is 1. The van der Waals surface area contributed by atoms with Crippen molar-refractivity contribution in [1.82, 2.24) is 10.3 Å². The van der Waals surface area contributed by atoms with Crippen LogP contribution in [-0.2, 0) is 9.59 Å². The van der Waals surface area contributed by atoms with Crippen molar-refractivity contribution in [2.24, 2.45) is 5.92 Å². The Morgan fingerprint density at radius 2 is 1.83 bits per heavy atom. The first-order valence-electron chi connectivity index (χ1n) is 9.52. The van der Waals surface area contributed by atoms with Crippen LogP contribution in [0.15, 0.2) is 60.8 Å². The van der Waals surface area contributed by atoms with E-state index in [1.54, 1.807) is 13.3 Å². The van der Waals surface area contributed by atoms with Gasteiger partial charge in [0.2, 0.25) is 0 Å². The molecule has 0 aliphatic carbocycles. The van der Waals surface area contributed by atoms with Gasteiger partial charge in [-0.15, -0.1) is 0 Å². The molecule has 2 aromatic rings. The van der Waals surface area contributed by atoms with Crippen LogP contribution >= 0.6 is 0 Å². The van der Waals surface area contributed by atoms with Gasteiger partial charge in [-0.25, -0.2) is 14.6 Å². The predicted octanol–water partition coefficient (Wildman–Crippen LogP) is 2.57. The van der Waals surface area contributed by atoms with Gasteiger partial charge in [-0.2, -0.15) is 0 Å². The molecule has 0 spiro atoms. The molecule has 1 aliphatic heterocycles. The second kappa shape index (κ2) is 12.2. The van der Waals surface area contributed by atoms with E-state index in [0.29, 0.717) is 42.2 Å². The fourth-order valence-electron chi connectivity index (χ4n) is 3.22. The molecule has 2 atom stereocenters. The fourth-order valence-corrected chi connectivity index (χ4v) is 3.22. The molecule has 1 fully saturated rings. The summed E-state index contributed by atoms with van der Waals surface area (Å²) in [6.45, 7) is 2.70. The summed E-state index contributed by atoms with van der Waals surface area (Å²) in [4.78, 5) is 23.3. The van der Waals surface area contributed by atoms with Crippen LogP contribution in [0, 0.1) is 5.92 Å². The first-order chi connectivity index (χ1) is 14.5. The maximum Gasteiger partial charge on any atom is 0.328 e. The lowest BCUT2D eigenvalue weighted by atomic mass is 9.81. The molecular weight excluding hydrogens is 388 g/mol. The molecule has 1 aliphatic rings. The van der Waals surface area contributed by atoms with Crippen molar-refractivity contribution < 1.29 is 29.3 Å². The Kier molecular flexibility index (Phi) is 9.33. The number of carbonyl (C=O) groups is 2. The lowest BCUT2D eigenvalue weighted by Gasteiger charge is -2.32. The molecule has 0 saturated carbocycles. The topological polar surface area (TPSA) is 118 Å². The van der Waals surface area contributed by atoms with E-state index in [1.165, 1.54) is 5.56 Å². The number of rotatable bonds is 7. The molecule has 1 aromatic heterocycles. The largest absolute Gasteiger partial charge is 0.488 e. The maximum absolute atomic E-state index is 9.55. The number of hydrogen-bond acceptors (Lipinski definition) is 6. The molecule has 1 aromatic carbocycles. The van der Waals surface area contributed by atoms with Crippen LogP contribution < -0.4 is 14.8 Å². The predicted molar refractivity (Wildman–Crippen MR) is 111 cm³/mol. The highest BCUT2D eigenvalue weighted by molar-refractivity contribution is 5.89. The zero-order chi connectivity index (χ0) is 21.8. The van der Waals surface area contributed by atoms with Gasteiger partial charge in [0.05, 0.1) is 13.7 Å². The minimum atomic E-state index is -1.26. The summed E-state index contributed by atoms with van der Waals surface area (Å²) in [6, 6.07) is 14.5. The summed E-state index contributed by atoms with van der Waals surface area (Å²) in [6.07, 6.45) is 3.97. The van der Waals surface area contributed by atoms with Crippen LogP contribution in [0.2, 0.25) is 0 Å². The molecule has 8 heteroatoms. The van der Waals surface area contributed by atoms with Gasteiger partial charge in [0, 0.05) is 30.8 Å². The minimum Gasteiger partial charge on any atom is -0.488 e. The molecule has 2 heterocycles. The van der Waals surface area contributed by atoms with Gasteiger partial charge in [-0.3, -0.25) is 0 Å². The molecule has 3 rings (SSSR count). The summed E-state index contributed by atoms with van der Waals surface area (Å²) < 4.78 is 11.2. The van der Waals surface area contributed by atoms with Gasteiger partial charge >= 0.3 is 11.9 Å². The third-order valence-electron chi connectivity index (χ3n) is 4.59. The van der Waals surface area contributed by atoms with Crippen LogP contribution in [0.4, 0.5) is 0 Å². The molecule has 0 bridgehead atoms. The van der Waals surface area contributed by atoms with Crippen LogP contribution in [0.3, 0.4) is 0 Å². The second-order valence-electron chi connectivity index (χ2n) is 6.60. The standard InChI is InChI=1S/C18H22N2O2.C4H4O4/c1-21-18-17(8-5-10-20-18)22-13-15-12-19-11-9-16(15)14-6-3-2-4-7-14;5-3(6)1-2-4(7)8/h2-8,10,15-16,19H,9,11-13H2,1H3;1-2H,(H,5,6)(H,7,8)/b;2-1+/t15-,16-;/m0./s1. The molecule has 0 unspecified atom stereocenters. The van der Waals surface area contributed by atoms with Crippen molar-refractivity contribution in [1.29, 1.82) is 0 Å². The highest BCUT2D eigenvalue weighted by Gasteiger charge is 2.27. The number of pyridine rings is 1. The van der Waals surface area contributed by atoms with Gasteiger partial charge in [-0.05, 0) is 36.6 Å². The molecule has 8 nitrogen and oxygen atoms in total. The van der Waals surface area contributed by atoms with Crippen molar-refractivity contribution in [3.05, 3.63) is 66.4 Å². The molecule has 160 valence electrons. The number of carboxylic acids is 2. The van der Waals surface area contributed by atoms with E-state index < -0.39 is 11.9 Å². The van der Waals surface area contributed by atoms with Crippen LogP contribution in [0.1, 0.15) is 17.9 Å². The van der Waals surface area contributed by atoms with Crippen LogP contribution in [-0.4, -0.2) is 53.9 Å². The van der Waals surface area contributed by atoms with Crippen LogP contribution in [0.25, 0.3) is 0 Å². The Labute approximate surface area is 175 Å². The second-order valence-corrected chi connectivity index (χ2v) is 6.60. The summed E-state index contributed by atoms with van der Waals surface area (Å²) >= 11 is 0. The van der Waals surface area contributed by atoms with E-state index in [2.05, 4.69) is 40.6 Å². The number of piperidine rings is 1. The van der Waals surface area contributed by atoms with E-state index in [0.717, 1.165) is 19.5 Å². The maximum atomic E-state index is 9.55. The van der Waals surface area contributed by atoms with Gasteiger partial charge in [-0.1, -0.05) is 30.3 Å². The Balaban J connectivity index is 0.000000343. The molecule has 0 amide bonds. The summed E-state index contributed by atoms with van der Waals surface area (Å²) in [5, 5.41) is 19.1. The molecule has 1 saturated heterocycles. The van der Waals surface area contributed by atoms with Crippen molar-refractivity contribution in [3.63, 3.8) is 0 Å². The number of aliphatic carboxylic acids is 2. The van der Waals surface area contributed by atoms with Crippen molar-refractivity contribution in [3.8, 4) is 11.6 Å². The van der Waals surface area contributed by atoms with Crippen LogP contribution in [0.5, 0.6) is 11.6 Å². The van der Waals surface area contributed by atoms with Crippen molar-refractivity contribution in [2.75, 3.05) is 26.8 Å². The zero-order valence-electron chi connectivity index (χ0n) is 16.7.